The van der Waals surface area contributed by atoms with Crippen LogP contribution in [0.25, 0.3) is 0 Å². The van der Waals surface area contributed by atoms with Crippen molar-refractivity contribution < 1.29 is 0 Å². The smallest absolute Gasteiger partial charge is 0.0100 e. The second-order valence-corrected chi connectivity index (χ2v) is 6.48. The molecule has 2 heteroatoms. The van der Waals surface area contributed by atoms with E-state index in [1.54, 1.807) is 0 Å². The first-order valence-electron chi connectivity index (χ1n) is 6.90. The van der Waals surface area contributed by atoms with Crippen LogP contribution in [0.5, 0.6) is 0 Å². The maximum atomic E-state index is 3.77. The van der Waals surface area contributed by atoms with Gasteiger partial charge in [-0.1, -0.05) is 56.0 Å². The van der Waals surface area contributed by atoms with Gasteiger partial charge in [-0.15, -0.1) is 0 Å². The van der Waals surface area contributed by atoms with Gasteiger partial charge in [-0.25, -0.2) is 0 Å². The minimum absolute atomic E-state index is 0.573. The molecule has 0 N–H and O–H groups in total. The van der Waals surface area contributed by atoms with E-state index in [-0.39, 0.29) is 0 Å². The molecule has 1 rings (SSSR count). The Morgan fingerprint density at radius 2 is 1.81 bits per heavy atom. The highest BCUT2D eigenvalue weighted by atomic mass is 79.9. The largest absolute Gasteiger partial charge is 0.303 e. The topological polar surface area (TPSA) is 3.24 Å². The number of hydrogen-bond acceptors (Lipinski definition) is 1. The molecule has 1 fully saturated rings. The lowest BCUT2D eigenvalue weighted by molar-refractivity contribution is 0.121. The monoisotopic (exact) mass is 289 g/mol. The third-order valence-corrected chi connectivity index (χ3v) is 5.02. The summed E-state index contributed by atoms with van der Waals surface area (Å²) in [5, 5.41) is 1.19. The van der Waals surface area contributed by atoms with Gasteiger partial charge in [-0.3, -0.25) is 0 Å². The molecule has 0 radical (unpaired) electrons. The van der Waals surface area contributed by atoms with Crippen molar-refractivity contribution in [1.82, 2.24) is 4.90 Å². The molecule has 0 unspecified atom stereocenters. The Kier molecular flexibility index (Phi) is 6.35. The molecule has 1 aliphatic carbocycles. The molecule has 0 saturated heterocycles. The van der Waals surface area contributed by atoms with Crippen LogP contribution in [0.15, 0.2) is 0 Å². The fourth-order valence-corrected chi connectivity index (χ4v) is 3.67. The van der Waals surface area contributed by atoms with Crippen molar-refractivity contribution in [3.05, 3.63) is 0 Å². The Balaban J connectivity index is 2.51. The highest BCUT2D eigenvalue weighted by Gasteiger charge is 2.32. The van der Waals surface area contributed by atoms with Gasteiger partial charge >= 0.3 is 0 Å². The Hall–Kier alpha value is 0.440. The van der Waals surface area contributed by atoms with Crippen molar-refractivity contribution in [1.29, 1.82) is 0 Å². The van der Waals surface area contributed by atoms with E-state index in [1.807, 2.05) is 0 Å². The number of nitrogens with zero attached hydrogens (tertiary/aromatic N) is 1. The molecule has 1 saturated carbocycles. The summed E-state index contributed by atoms with van der Waals surface area (Å²) in [7, 11) is 0. The molecule has 1 nitrogen and oxygen atoms in total. The zero-order chi connectivity index (χ0) is 12.0. The first-order valence-corrected chi connectivity index (χ1v) is 8.02. The molecule has 96 valence electrons. The van der Waals surface area contributed by atoms with Crippen molar-refractivity contribution in [3.63, 3.8) is 0 Å². The predicted octanol–water partition coefficient (Wildman–Crippen LogP) is 4.31. The maximum Gasteiger partial charge on any atom is 0.0100 e. The molecule has 0 aromatic carbocycles. The van der Waals surface area contributed by atoms with Crippen LogP contribution in [-0.4, -0.2) is 29.9 Å². The van der Waals surface area contributed by atoms with Gasteiger partial charge in [0.1, 0.15) is 0 Å². The van der Waals surface area contributed by atoms with Crippen LogP contribution >= 0.6 is 15.9 Å². The minimum Gasteiger partial charge on any atom is -0.303 e. The Morgan fingerprint density at radius 1 is 1.19 bits per heavy atom. The Morgan fingerprint density at radius 3 is 2.25 bits per heavy atom. The summed E-state index contributed by atoms with van der Waals surface area (Å²) < 4.78 is 0. The summed E-state index contributed by atoms with van der Waals surface area (Å²) in [6, 6.07) is 0. The molecule has 0 amide bonds. The fourth-order valence-electron chi connectivity index (χ4n) is 2.93. The summed E-state index contributed by atoms with van der Waals surface area (Å²) in [4.78, 5) is 2.65. The van der Waals surface area contributed by atoms with E-state index < -0.39 is 0 Å². The summed E-state index contributed by atoms with van der Waals surface area (Å²) in [6.45, 7) is 10.7. The van der Waals surface area contributed by atoms with Gasteiger partial charge in [-0.2, -0.15) is 0 Å². The van der Waals surface area contributed by atoms with Crippen molar-refractivity contribution in [2.45, 2.75) is 52.9 Å². The second-order valence-electron chi connectivity index (χ2n) is 5.92. The quantitative estimate of drug-likeness (QED) is 0.659. The van der Waals surface area contributed by atoms with Crippen LogP contribution in [0, 0.1) is 11.3 Å². The zero-order valence-electron chi connectivity index (χ0n) is 11.3. The molecular formula is C14H28BrN. The van der Waals surface area contributed by atoms with E-state index in [1.165, 1.54) is 57.1 Å². The molecule has 0 heterocycles. The molecule has 0 spiro atoms. The maximum absolute atomic E-state index is 3.77. The molecule has 1 aliphatic rings. The highest BCUT2D eigenvalue weighted by Crippen LogP contribution is 2.38. The number of rotatable bonds is 6. The number of alkyl halides is 1. The van der Waals surface area contributed by atoms with Crippen molar-refractivity contribution in [2.75, 3.05) is 25.0 Å². The Labute approximate surface area is 110 Å². The standard InChI is InChI=1S/C14H28BrN/c1-4-16(10-13(2)3)12-14(11-15)8-6-5-7-9-14/h13H,4-12H2,1-3H3. The fraction of sp³-hybridized carbons (Fsp3) is 1.00. The van der Waals surface area contributed by atoms with Gasteiger partial charge in [0, 0.05) is 18.4 Å². The van der Waals surface area contributed by atoms with E-state index in [2.05, 4.69) is 41.6 Å². The van der Waals surface area contributed by atoms with Gasteiger partial charge in [0.05, 0.1) is 0 Å². The van der Waals surface area contributed by atoms with Crippen LogP contribution in [0.3, 0.4) is 0 Å². The molecule has 16 heavy (non-hydrogen) atoms. The average Bonchev–Trinajstić information content (AvgIpc) is 2.29. The number of halogens is 1. The van der Waals surface area contributed by atoms with Gasteiger partial charge in [0.15, 0.2) is 0 Å². The Bertz CT molecular complexity index is 185. The lowest BCUT2D eigenvalue weighted by atomic mass is 9.75. The van der Waals surface area contributed by atoms with Gasteiger partial charge < -0.3 is 4.90 Å². The third-order valence-electron chi connectivity index (χ3n) is 3.83. The predicted molar refractivity (Wildman–Crippen MR) is 76.3 cm³/mol. The van der Waals surface area contributed by atoms with Gasteiger partial charge in [-0.05, 0) is 30.7 Å². The molecule has 0 aromatic rings. The zero-order valence-corrected chi connectivity index (χ0v) is 12.9. The van der Waals surface area contributed by atoms with Crippen LogP contribution in [0.1, 0.15) is 52.9 Å². The van der Waals surface area contributed by atoms with E-state index >= 15 is 0 Å². The minimum atomic E-state index is 0.573. The van der Waals surface area contributed by atoms with Crippen molar-refractivity contribution in [3.8, 4) is 0 Å². The highest BCUT2D eigenvalue weighted by molar-refractivity contribution is 9.09. The van der Waals surface area contributed by atoms with E-state index in [0.717, 1.165) is 5.92 Å². The molecule has 0 atom stereocenters. The third kappa shape index (κ3) is 4.37. The molecule has 0 aliphatic heterocycles. The van der Waals surface area contributed by atoms with E-state index in [4.69, 9.17) is 0 Å². The molecular weight excluding hydrogens is 262 g/mol. The van der Waals surface area contributed by atoms with Crippen LogP contribution in [0.4, 0.5) is 0 Å². The first kappa shape index (κ1) is 14.5. The van der Waals surface area contributed by atoms with Crippen molar-refractivity contribution in [2.24, 2.45) is 11.3 Å². The summed E-state index contributed by atoms with van der Waals surface area (Å²) in [5.74, 6) is 0.788. The normalized spacial score (nSPS) is 20.6. The average molecular weight is 290 g/mol. The van der Waals surface area contributed by atoms with E-state index in [0.29, 0.717) is 5.41 Å². The molecule has 0 bridgehead atoms. The van der Waals surface area contributed by atoms with Crippen LogP contribution in [0.2, 0.25) is 0 Å². The SMILES string of the molecule is CCN(CC(C)C)CC1(CBr)CCCCC1. The summed E-state index contributed by atoms with van der Waals surface area (Å²) >= 11 is 3.77. The second kappa shape index (κ2) is 7.00. The summed E-state index contributed by atoms with van der Waals surface area (Å²) in [6.07, 6.45) is 7.17. The molecule has 0 aromatic heterocycles. The van der Waals surface area contributed by atoms with Crippen LogP contribution in [-0.2, 0) is 0 Å². The van der Waals surface area contributed by atoms with Gasteiger partial charge in [0.2, 0.25) is 0 Å². The lowest BCUT2D eigenvalue weighted by Crippen LogP contribution is -2.41. The number of hydrogen-bond donors (Lipinski definition) is 0. The lowest BCUT2D eigenvalue weighted by Gasteiger charge is -2.40. The van der Waals surface area contributed by atoms with E-state index in [9.17, 15) is 0 Å². The van der Waals surface area contributed by atoms with Crippen molar-refractivity contribution >= 4 is 15.9 Å². The van der Waals surface area contributed by atoms with Gasteiger partial charge in [0.25, 0.3) is 0 Å². The van der Waals surface area contributed by atoms with Crippen LogP contribution < -0.4 is 0 Å². The summed E-state index contributed by atoms with van der Waals surface area (Å²) in [5.41, 5.74) is 0.573. The first-order chi connectivity index (χ1) is 7.62.